The number of allylic oxidation sites excluding steroid dienone is 4. The van der Waals surface area contributed by atoms with Gasteiger partial charge in [0.05, 0.1) is 0 Å². The van der Waals surface area contributed by atoms with E-state index in [4.69, 9.17) is 0 Å². The fourth-order valence-corrected chi connectivity index (χ4v) is 16.9. The fraction of sp³-hybridized carbons (Fsp3) is 0.357. The molecule has 0 N–H and O–H groups in total. The summed E-state index contributed by atoms with van der Waals surface area (Å²) in [5, 5.41) is 2.69. The van der Waals surface area contributed by atoms with Gasteiger partial charge >= 0.3 is 269 Å². The Bertz CT molecular complexity index is 1900. The summed E-state index contributed by atoms with van der Waals surface area (Å²) in [6.45, 7) is 16.9. The van der Waals surface area contributed by atoms with E-state index < -0.39 is 21.3 Å². The van der Waals surface area contributed by atoms with Crippen LogP contribution in [0.1, 0.15) is 91.8 Å². The first kappa shape index (κ1) is 34.3. The van der Waals surface area contributed by atoms with Crippen molar-refractivity contribution in [1.29, 1.82) is 0 Å². The number of aryl methyl sites for hydroxylation is 3. The molecular weight excluding hydrogens is 667 g/mol. The Kier molecular flexibility index (Phi) is 10.1. The van der Waals surface area contributed by atoms with Gasteiger partial charge in [-0.3, -0.25) is 0 Å². The Morgan fingerprint density at radius 1 is 0.778 bits per heavy atom. The molecule has 0 radical (unpaired) electrons. The SMILES string of the molecule is C/[C](c1ccc2ccccc2c1)=[Zr](\[C]1=CC(C2(C)CCCCC2)=CC1C)[c]1c(C)c(C)cc2c1Cc1cc(C)c(C)cc1-2.Cl.Cl. The van der Waals surface area contributed by atoms with Gasteiger partial charge in [-0.25, -0.2) is 0 Å². The number of benzene rings is 4. The van der Waals surface area contributed by atoms with E-state index in [1.165, 1.54) is 81.8 Å². The monoisotopic (exact) mass is 712 g/mol. The first-order valence-electron chi connectivity index (χ1n) is 16.5. The van der Waals surface area contributed by atoms with Gasteiger partial charge in [0.25, 0.3) is 0 Å². The van der Waals surface area contributed by atoms with E-state index in [1.54, 1.807) is 26.5 Å². The molecule has 1 unspecified atom stereocenters. The van der Waals surface area contributed by atoms with Gasteiger partial charge in [0.1, 0.15) is 0 Å². The van der Waals surface area contributed by atoms with Crippen LogP contribution >= 0.6 is 24.8 Å². The van der Waals surface area contributed by atoms with Gasteiger partial charge in [0.2, 0.25) is 0 Å². The third-order valence-corrected chi connectivity index (χ3v) is 19.7. The Hall–Kier alpha value is -2.05. The molecule has 7 rings (SSSR count). The minimum Gasteiger partial charge on any atom is -0.147 e. The average Bonchev–Trinajstić information content (AvgIpc) is 3.55. The molecule has 4 aromatic rings. The van der Waals surface area contributed by atoms with Crippen LogP contribution in [0.5, 0.6) is 0 Å². The molecule has 234 valence electrons. The standard InChI is InChI=1S/C17H17.C13H19.C12H10.2ClH.Zr/c1-10-5-14-9-15-6-11(2)13(4)8-17(15)16(14)7-12(10)3;1-11-6-7-12(10-11)13(2)8-4-3-5-9-13;1-2-10-7-8-11-5-3-4-6-12(11)9-10;;;/h5,7-8H,9H2,1-4H3;7,10-11H,3-5,8-9H2,1-2H3;3-9H,1H3;2*1H;. The molecule has 0 bridgehead atoms. The van der Waals surface area contributed by atoms with Crippen LogP contribution in [-0.4, -0.2) is 3.21 Å². The number of halogens is 2. The maximum Gasteiger partial charge on any atom is -0.147 e. The van der Waals surface area contributed by atoms with Gasteiger partial charge in [0.15, 0.2) is 0 Å². The molecule has 0 nitrogen and oxygen atoms in total. The van der Waals surface area contributed by atoms with E-state index in [0.717, 1.165) is 6.42 Å². The maximum atomic E-state index is 2.75. The molecule has 0 aliphatic heterocycles. The molecule has 0 aromatic heterocycles. The van der Waals surface area contributed by atoms with Crippen molar-refractivity contribution < 1.29 is 21.3 Å². The van der Waals surface area contributed by atoms with Gasteiger partial charge in [-0.1, -0.05) is 0 Å². The largest absolute Gasteiger partial charge is 0.147 e. The van der Waals surface area contributed by atoms with Gasteiger partial charge in [0, 0.05) is 0 Å². The Morgan fingerprint density at radius 3 is 2.18 bits per heavy atom. The third kappa shape index (κ3) is 5.97. The second-order valence-corrected chi connectivity index (χ2v) is 20.5. The maximum absolute atomic E-state index is 2.75. The predicted octanol–water partition coefficient (Wildman–Crippen LogP) is 11.4. The van der Waals surface area contributed by atoms with Crippen LogP contribution < -0.4 is 3.27 Å². The topological polar surface area (TPSA) is 0 Å². The summed E-state index contributed by atoms with van der Waals surface area (Å²) in [6, 6.07) is 23.6. The van der Waals surface area contributed by atoms with Crippen LogP contribution in [0.4, 0.5) is 0 Å². The van der Waals surface area contributed by atoms with Gasteiger partial charge in [-0.15, -0.1) is 24.8 Å². The van der Waals surface area contributed by atoms with Gasteiger partial charge in [-0.05, 0) is 0 Å². The van der Waals surface area contributed by atoms with Crippen LogP contribution in [0.2, 0.25) is 0 Å². The zero-order valence-corrected chi connectivity index (χ0v) is 32.2. The zero-order chi connectivity index (χ0) is 30.0. The van der Waals surface area contributed by atoms with Crippen molar-refractivity contribution >= 4 is 42.1 Å². The summed E-state index contributed by atoms with van der Waals surface area (Å²) in [4.78, 5) is 0. The predicted molar refractivity (Wildman–Crippen MR) is 198 cm³/mol. The first-order chi connectivity index (χ1) is 20.6. The number of hydrogen-bond acceptors (Lipinski definition) is 0. The summed E-state index contributed by atoms with van der Waals surface area (Å²) in [5.41, 5.74) is 15.4. The van der Waals surface area contributed by atoms with Crippen LogP contribution in [0.3, 0.4) is 0 Å². The number of rotatable bonds is 4. The number of hydrogen-bond donors (Lipinski definition) is 0. The minimum atomic E-state index is -2.61. The smallest absolute Gasteiger partial charge is 0.147 e. The van der Waals surface area contributed by atoms with Crippen LogP contribution in [0.15, 0.2) is 81.7 Å². The van der Waals surface area contributed by atoms with E-state index in [0.29, 0.717) is 11.3 Å². The molecule has 0 amide bonds. The van der Waals surface area contributed by atoms with Crippen LogP contribution in [0.25, 0.3) is 21.9 Å². The van der Waals surface area contributed by atoms with E-state index in [-0.39, 0.29) is 24.8 Å². The summed E-state index contributed by atoms with van der Waals surface area (Å²) >= 11 is -2.61. The number of fused-ring (bicyclic) bond motifs is 4. The normalized spacial score (nSPS) is 18.7. The molecule has 0 spiro atoms. The zero-order valence-electron chi connectivity index (χ0n) is 28.1. The average molecular weight is 715 g/mol. The van der Waals surface area contributed by atoms with E-state index >= 15 is 0 Å². The van der Waals surface area contributed by atoms with Crippen molar-refractivity contribution in [2.24, 2.45) is 11.3 Å². The molecule has 1 saturated carbocycles. The fourth-order valence-electron chi connectivity index (χ4n) is 8.31. The minimum absolute atomic E-state index is 0. The van der Waals surface area contributed by atoms with E-state index in [9.17, 15) is 0 Å². The molecule has 0 saturated heterocycles. The van der Waals surface area contributed by atoms with Crippen molar-refractivity contribution in [1.82, 2.24) is 0 Å². The van der Waals surface area contributed by atoms with Crippen LogP contribution in [-0.2, 0) is 27.7 Å². The molecular formula is C42H48Cl2Zr. The quantitative estimate of drug-likeness (QED) is 0.174. The summed E-state index contributed by atoms with van der Waals surface area (Å²) in [7, 11) is 0. The van der Waals surface area contributed by atoms with Crippen molar-refractivity contribution in [2.75, 3.05) is 0 Å². The summed E-state index contributed by atoms with van der Waals surface area (Å²) < 4.78 is 5.22. The summed E-state index contributed by atoms with van der Waals surface area (Å²) in [6.07, 6.45) is 13.3. The molecule has 1 atom stereocenters. The van der Waals surface area contributed by atoms with Gasteiger partial charge in [-0.2, -0.15) is 0 Å². The van der Waals surface area contributed by atoms with Gasteiger partial charge < -0.3 is 0 Å². The van der Waals surface area contributed by atoms with Crippen molar-refractivity contribution in [3.05, 3.63) is 121 Å². The van der Waals surface area contributed by atoms with Crippen molar-refractivity contribution in [3.63, 3.8) is 0 Å². The summed E-state index contributed by atoms with van der Waals surface area (Å²) in [5.74, 6) is 0.516. The molecule has 0 heterocycles. The molecule has 3 heteroatoms. The molecule has 1 fully saturated rings. The molecule has 4 aromatic carbocycles. The third-order valence-electron chi connectivity index (χ3n) is 11.3. The van der Waals surface area contributed by atoms with Crippen molar-refractivity contribution in [2.45, 2.75) is 87.0 Å². The second kappa shape index (κ2) is 13.2. The second-order valence-electron chi connectivity index (χ2n) is 14.2. The van der Waals surface area contributed by atoms with Crippen LogP contribution in [0, 0.1) is 39.0 Å². The van der Waals surface area contributed by atoms with Crippen molar-refractivity contribution in [3.8, 4) is 11.1 Å². The molecule has 45 heavy (non-hydrogen) atoms. The van der Waals surface area contributed by atoms with E-state index in [1.807, 2.05) is 0 Å². The Morgan fingerprint density at radius 2 is 1.44 bits per heavy atom. The first-order valence-corrected chi connectivity index (χ1v) is 20.2. The Labute approximate surface area is 291 Å². The molecule has 3 aliphatic rings. The molecule has 3 aliphatic carbocycles. The Balaban J connectivity index is 0.00000200. The van der Waals surface area contributed by atoms with E-state index in [2.05, 4.69) is 121 Å².